The van der Waals surface area contributed by atoms with Crippen molar-refractivity contribution in [3.63, 3.8) is 0 Å². The van der Waals surface area contributed by atoms with Crippen LogP contribution in [0.15, 0.2) is 54.6 Å². The molecule has 8 heteroatoms. The second kappa shape index (κ2) is 12.5. The van der Waals surface area contributed by atoms with Gasteiger partial charge in [-0.25, -0.2) is 9.07 Å². The van der Waals surface area contributed by atoms with Gasteiger partial charge in [0, 0.05) is 46.0 Å². The van der Waals surface area contributed by atoms with Gasteiger partial charge in [0.1, 0.15) is 5.69 Å². The lowest BCUT2D eigenvalue weighted by Crippen LogP contribution is -2.36. The monoisotopic (exact) mass is 457 g/mol. The van der Waals surface area contributed by atoms with Crippen LogP contribution in [0.2, 0.25) is 0 Å². The molecule has 0 aliphatic carbocycles. The van der Waals surface area contributed by atoms with E-state index < -0.39 is 11.9 Å². The minimum atomic E-state index is -0.658. The average molecular weight is 458 g/mol. The van der Waals surface area contributed by atoms with Crippen LogP contribution in [0.4, 0.5) is 4.39 Å². The van der Waals surface area contributed by atoms with Crippen LogP contribution in [0.5, 0.6) is 11.6 Å². The number of rotatable bonds is 13. The maximum atomic E-state index is 14.4. The molecule has 1 N–H and O–H groups in total. The maximum Gasteiger partial charge on any atom is 0.222 e. The zero-order valence-electron chi connectivity index (χ0n) is 19.4. The summed E-state index contributed by atoms with van der Waals surface area (Å²) in [6, 6.07) is 16.1. The standard InChI is InChI=1S/C25H32FN3O4/c1-4-32-18-20(30)16-29(14-15-31-3)17-21-24(19-10-6-5-7-11-19)27-28(2)25(21)33-23-13-9-8-12-22(23)26/h5-13,20,30H,4,14-18H2,1-3H3. The van der Waals surface area contributed by atoms with E-state index in [2.05, 4.69) is 4.90 Å². The number of aliphatic hydroxyl groups excluding tert-OH is 1. The smallest absolute Gasteiger partial charge is 0.222 e. The highest BCUT2D eigenvalue weighted by atomic mass is 19.1. The van der Waals surface area contributed by atoms with Crippen LogP contribution in [-0.2, 0) is 23.1 Å². The Bertz CT molecular complexity index is 997. The Kier molecular flexibility index (Phi) is 9.38. The van der Waals surface area contributed by atoms with Crippen LogP contribution in [0.3, 0.4) is 0 Å². The third-order valence-electron chi connectivity index (χ3n) is 5.16. The Morgan fingerprint density at radius 2 is 1.85 bits per heavy atom. The highest BCUT2D eigenvalue weighted by Gasteiger charge is 2.24. The summed E-state index contributed by atoms with van der Waals surface area (Å²) in [5.41, 5.74) is 2.46. The molecular formula is C25H32FN3O4. The van der Waals surface area contributed by atoms with E-state index in [4.69, 9.17) is 19.3 Å². The van der Waals surface area contributed by atoms with E-state index in [1.54, 1.807) is 37.0 Å². The molecule has 0 radical (unpaired) electrons. The van der Waals surface area contributed by atoms with Crippen LogP contribution in [0, 0.1) is 5.82 Å². The summed E-state index contributed by atoms with van der Waals surface area (Å²) in [5, 5.41) is 15.1. The third kappa shape index (κ3) is 6.85. The summed E-state index contributed by atoms with van der Waals surface area (Å²) in [6.07, 6.45) is -0.658. The Morgan fingerprint density at radius 3 is 2.55 bits per heavy atom. The molecule has 2 aromatic carbocycles. The first-order valence-electron chi connectivity index (χ1n) is 11.0. The summed E-state index contributed by atoms with van der Waals surface area (Å²) < 4.78 is 32.7. The van der Waals surface area contributed by atoms with Gasteiger partial charge in [-0.3, -0.25) is 4.90 Å². The first kappa shape index (κ1) is 24.9. The van der Waals surface area contributed by atoms with Crippen molar-refractivity contribution in [1.29, 1.82) is 0 Å². The molecule has 0 saturated heterocycles. The van der Waals surface area contributed by atoms with Crippen LogP contribution in [-0.4, -0.2) is 65.9 Å². The number of hydrogen-bond donors (Lipinski definition) is 1. The molecule has 0 amide bonds. The van der Waals surface area contributed by atoms with Crippen molar-refractivity contribution in [2.24, 2.45) is 7.05 Å². The number of aromatic nitrogens is 2. The van der Waals surface area contributed by atoms with Gasteiger partial charge in [-0.15, -0.1) is 0 Å². The van der Waals surface area contributed by atoms with Gasteiger partial charge >= 0.3 is 0 Å². The van der Waals surface area contributed by atoms with Gasteiger partial charge in [0.25, 0.3) is 0 Å². The third-order valence-corrected chi connectivity index (χ3v) is 5.16. The predicted molar refractivity (Wildman–Crippen MR) is 125 cm³/mol. The second-order valence-electron chi connectivity index (χ2n) is 7.70. The van der Waals surface area contributed by atoms with E-state index in [9.17, 15) is 9.50 Å². The van der Waals surface area contributed by atoms with Gasteiger partial charge in [0.2, 0.25) is 5.88 Å². The highest BCUT2D eigenvalue weighted by molar-refractivity contribution is 5.65. The number of aryl methyl sites for hydroxylation is 1. The average Bonchev–Trinajstić information content (AvgIpc) is 3.13. The molecule has 1 aromatic heterocycles. The van der Waals surface area contributed by atoms with Gasteiger partial charge in [-0.2, -0.15) is 5.10 Å². The Hall–Kier alpha value is -2.78. The number of para-hydroxylation sites is 1. The molecule has 1 atom stereocenters. The van der Waals surface area contributed by atoms with E-state index in [1.165, 1.54) is 6.07 Å². The van der Waals surface area contributed by atoms with Gasteiger partial charge in [0.05, 0.1) is 24.9 Å². The van der Waals surface area contributed by atoms with E-state index in [0.29, 0.717) is 38.7 Å². The maximum absolute atomic E-state index is 14.4. The quantitative estimate of drug-likeness (QED) is 0.420. The van der Waals surface area contributed by atoms with E-state index in [0.717, 1.165) is 16.8 Å². The lowest BCUT2D eigenvalue weighted by molar-refractivity contribution is 0.0148. The molecule has 1 heterocycles. The van der Waals surface area contributed by atoms with Crippen LogP contribution >= 0.6 is 0 Å². The van der Waals surface area contributed by atoms with Crippen LogP contribution in [0.1, 0.15) is 12.5 Å². The summed E-state index contributed by atoms with van der Waals surface area (Å²) in [7, 11) is 3.41. The summed E-state index contributed by atoms with van der Waals surface area (Å²) in [5.74, 6) is 0.121. The minimum absolute atomic E-state index is 0.126. The number of benzene rings is 2. The first-order valence-corrected chi connectivity index (χ1v) is 11.0. The number of ether oxygens (including phenoxy) is 3. The molecule has 7 nitrogen and oxygen atoms in total. The molecule has 33 heavy (non-hydrogen) atoms. The molecule has 0 aliphatic rings. The number of halogens is 1. The molecule has 3 aromatic rings. The van der Waals surface area contributed by atoms with Crippen molar-refractivity contribution in [3.8, 4) is 22.9 Å². The lowest BCUT2D eigenvalue weighted by atomic mass is 10.1. The van der Waals surface area contributed by atoms with Gasteiger partial charge < -0.3 is 19.3 Å². The van der Waals surface area contributed by atoms with Crippen molar-refractivity contribution < 1.29 is 23.7 Å². The molecule has 0 bridgehead atoms. The molecule has 0 fully saturated rings. The molecule has 178 valence electrons. The fraction of sp³-hybridized carbons (Fsp3) is 0.400. The van der Waals surface area contributed by atoms with Crippen molar-refractivity contribution >= 4 is 0 Å². The second-order valence-corrected chi connectivity index (χ2v) is 7.70. The lowest BCUT2D eigenvalue weighted by Gasteiger charge is -2.25. The number of aliphatic hydroxyl groups is 1. The predicted octanol–water partition coefficient (Wildman–Crippen LogP) is 3.86. The van der Waals surface area contributed by atoms with Gasteiger partial charge in [-0.1, -0.05) is 42.5 Å². The van der Waals surface area contributed by atoms with Crippen LogP contribution < -0.4 is 4.74 Å². The van der Waals surface area contributed by atoms with Crippen molar-refractivity contribution in [2.75, 3.05) is 40.0 Å². The van der Waals surface area contributed by atoms with E-state index in [1.807, 2.05) is 37.3 Å². The number of hydrogen-bond acceptors (Lipinski definition) is 6. The molecular weight excluding hydrogens is 425 g/mol. The van der Waals surface area contributed by atoms with E-state index in [-0.39, 0.29) is 12.4 Å². The molecule has 0 aliphatic heterocycles. The number of nitrogens with zero attached hydrogens (tertiary/aromatic N) is 3. The summed E-state index contributed by atoms with van der Waals surface area (Å²) in [4.78, 5) is 2.06. The zero-order chi connectivity index (χ0) is 23.6. The van der Waals surface area contributed by atoms with Crippen molar-refractivity contribution in [2.45, 2.75) is 19.6 Å². The van der Waals surface area contributed by atoms with Crippen LogP contribution in [0.25, 0.3) is 11.3 Å². The zero-order valence-corrected chi connectivity index (χ0v) is 19.4. The number of methoxy groups -OCH3 is 1. The Balaban J connectivity index is 1.97. The topological polar surface area (TPSA) is 69.0 Å². The SMILES string of the molecule is CCOCC(O)CN(CCOC)Cc1c(-c2ccccc2)nn(C)c1Oc1ccccc1F. The summed E-state index contributed by atoms with van der Waals surface area (Å²) >= 11 is 0. The van der Waals surface area contributed by atoms with Gasteiger partial charge in [-0.05, 0) is 19.1 Å². The molecule has 0 spiro atoms. The van der Waals surface area contributed by atoms with Crippen molar-refractivity contribution in [1.82, 2.24) is 14.7 Å². The summed E-state index contributed by atoms with van der Waals surface area (Å²) in [6.45, 7) is 4.56. The molecule has 0 saturated carbocycles. The largest absolute Gasteiger partial charge is 0.436 e. The molecule has 3 rings (SSSR count). The Labute approximate surface area is 194 Å². The van der Waals surface area contributed by atoms with Gasteiger partial charge in [0.15, 0.2) is 11.6 Å². The van der Waals surface area contributed by atoms with Crippen molar-refractivity contribution in [3.05, 3.63) is 66.0 Å². The van der Waals surface area contributed by atoms with E-state index >= 15 is 0 Å². The molecule has 1 unspecified atom stereocenters. The Morgan fingerprint density at radius 1 is 1.12 bits per heavy atom. The normalized spacial score (nSPS) is 12.3. The first-order chi connectivity index (χ1) is 16.0. The fourth-order valence-corrected chi connectivity index (χ4v) is 3.57. The highest BCUT2D eigenvalue weighted by Crippen LogP contribution is 2.34. The fourth-order valence-electron chi connectivity index (χ4n) is 3.57. The minimum Gasteiger partial charge on any atom is -0.436 e.